The van der Waals surface area contributed by atoms with Crippen molar-refractivity contribution in [2.24, 2.45) is 7.05 Å². The summed E-state index contributed by atoms with van der Waals surface area (Å²) in [6.45, 7) is 3.70. The number of hydrazine groups is 1. The quantitative estimate of drug-likeness (QED) is 0.342. The van der Waals surface area contributed by atoms with Gasteiger partial charge in [-0.05, 0) is 43.7 Å². The van der Waals surface area contributed by atoms with Gasteiger partial charge in [-0.1, -0.05) is 30.3 Å². The van der Waals surface area contributed by atoms with E-state index in [1.807, 2.05) is 30.3 Å². The lowest BCUT2D eigenvalue weighted by Crippen LogP contribution is -2.36. The van der Waals surface area contributed by atoms with Crippen LogP contribution < -0.4 is 26.6 Å². The van der Waals surface area contributed by atoms with Gasteiger partial charge in [-0.25, -0.2) is 9.59 Å². The Morgan fingerprint density at radius 1 is 1.11 bits per heavy atom. The van der Waals surface area contributed by atoms with E-state index in [2.05, 4.69) is 21.2 Å². The van der Waals surface area contributed by atoms with Crippen LogP contribution in [0.4, 0.5) is 11.6 Å². The van der Waals surface area contributed by atoms with E-state index in [1.165, 1.54) is 4.57 Å². The average Bonchev–Trinajstić information content (AvgIpc) is 2.89. The normalized spacial score (nSPS) is 14.4. The second-order valence-electron chi connectivity index (χ2n) is 8.10. The molecule has 3 aromatic rings. The van der Waals surface area contributed by atoms with Gasteiger partial charge in [-0.3, -0.25) is 20.2 Å². The van der Waals surface area contributed by atoms with Gasteiger partial charge in [-0.15, -0.1) is 0 Å². The number of benzene rings is 2. The number of rotatable bonds is 7. The molecule has 1 aromatic heterocycles. The Morgan fingerprint density at radius 2 is 1.81 bits per heavy atom. The third-order valence-corrected chi connectivity index (χ3v) is 5.90. The number of amides is 1. The molecule has 0 spiro atoms. The van der Waals surface area contributed by atoms with Gasteiger partial charge in [-0.2, -0.15) is 4.98 Å². The number of nitrogens with one attached hydrogen (secondary N) is 3. The van der Waals surface area contributed by atoms with Gasteiger partial charge in [0.05, 0.1) is 25.2 Å². The highest BCUT2D eigenvalue weighted by Crippen LogP contribution is 2.44. The van der Waals surface area contributed by atoms with Crippen LogP contribution in [0.1, 0.15) is 41.3 Å². The number of allylic oxidation sites excluding steroid dienone is 1. The summed E-state index contributed by atoms with van der Waals surface area (Å²) in [6, 6.07) is 15.9. The third-order valence-electron chi connectivity index (χ3n) is 5.90. The molecule has 10 nitrogen and oxygen atoms in total. The number of fused-ring (bicyclic) bond motifs is 1. The number of esters is 1. The predicted octanol–water partition coefficient (Wildman–Crippen LogP) is 2.94. The molecule has 2 aromatic carbocycles. The number of anilines is 2. The van der Waals surface area contributed by atoms with Crippen molar-refractivity contribution in [2.45, 2.75) is 19.8 Å². The van der Waals surface area contributed by atoms with Crippen molar-refractivity contribution in [2.75, 3.05) is 24.5 Å². The van der Waals surface area contributed by atoms with Gasteiger partial charge in [0, 0.05) is 23.9 Å². The summed E-state index contributed by atoms with van der Waals surface area (Å²) < 4.78 is 11.9. The summed E-state index contributed by atoms with van der Waals surface area (Å²) in [5, 5.41) is 3.17. The smallest absolute Gasteiger partial charge is 0.350 e. The van der Waals surface area contributed by atoms with Crippen molar-refractivity contribution in [3.63, 3.8) is 0 Å². The lowest BCUT2D eigenvalue weighted by Gasteiger charge is -2.32. The molecule has 0 unspecified atom stereocenters. The molecule has 0 radical (unpaired) electrons. The van der Waals surface area contributed by atoms with Crippen LogP contribution in [-0.2, 0) is 16.6 Å². The highest BCUT2D eigenvalue weighted by molar-refractivity contribution is 5.96. The number of methoxy groups -OCH3 is 1. The maximum atomic E-state index is 13.1. The first-order chi connectivity index (χ1) is 17.3. The maximum absolute atomic E-state index is 13.1. The fraction of sp³-hybridized carbons (Fsp3) is 0.231. The van der Waals surface area contributed by atoms with Gasteiger partial charge in [0.15, 0.2) is 5.82 Å². The number of nitrogens with zero attached hydrogens (tertiary/aromatic N) is 2. The lowest BCUT2D eigenvalue weighted by atomic mass is 9.82. The average molecular weight is 490 g/mol. The van der Waals surface area contributed by atoms with Crippen molar-refractivity contribution >= 4 is 23.5 Å². The number of carbonyl (C=O) groups excluding carboxylic acids is 2. The first-order valence-corrected chi connectivity index (χ1v) is 11.4. The highest BCUT2D eigenvalue weighted by Gasteiger charge is 2.37. The zero-order valence-electron chi connectivity index (χ0n) is 20.4. The number of aromatic nitrogens is 2. The molecule has 1 aliphatic heterocycles. The van der Waals surface area contributed by atoms with E-state index in [1.54, 1.807) is 52.3 Å². The molecule has 0 saturated heterocycles. The topological polar surface area (TPSA) is 124 Å². The van der Waals surface area contributed by atoms with Crippen LogP contribution in [0, 0.1) is 0 Å². The second kappa shape index (κ2) is 10.3. The molecular formula is C26H27N5O5. The molecule has 0 aliphatic carbocycles. The maximum Gasteiger partial charge on any atom is 0.350 e. The van der Waals surface area contributed by atoms with Gasteiger partial charge < -0.3 is 14.8 Å². The zero-order valence-corrected chi connectivity index (χ0v) is 20.4. The van der Waals surface area contributed by atoms with Crippen molar-refractivity contribution in [1.29, 1.82) is 0 Å². The number of carbonyl (C=O) groups is 2. The van der Waals surface area contributed by atoms with Crippen molar-refractivity contribution in [1.82, 2.24) is 15.0 Å². The van der Waals surface area contributed by atoms with Crippen molar-refractivity contribution in [3.8, 4) is 5.75 Å². The Labute approximate surface area is 207 Å². The molecule has 1 amide bonds. The number of ether oxygens (including phenoxy) is 2. The van der Waals surface area contributed by atoms with E-state index in [9.17, 15) is 14.4 Å². The highest BCUT2D eigenvalue weighted by atomic mass is 16.5. The Balaban J connectivity index is 1.79. The van der Waals surface area contributed by atoms with E-state index in [0.717, 1.165) is 5.56 Å². The van der Waals surface area contributed by atoms with Crippen LogP contribution in [0.5, 0.6) is 5.75 Å². The molecular weight excluding hydrogens is 462 g/mol. The predicted molar refractivity (Wildman–Crippen MR) is 135 cm³/mol. The summed E-state index contributed by atoms with van der Waals surface area (Å²) >= 11 is 0. The summed E-state index contributed by atoms with van der Waals surface area (Å²) in [4.78, 5) is 42.7. The largest absolute Gasteiger partial charge is 0.497 e. The second-order valence-corrected chi connectivity index (χ2v) is 8.10. The van der Waals surface area contributed by atoms with Crippen LogP contribution in [-0.4, -0.2) is 35.1 Å². The summed E-state index contributed by atoms with van der Waals surface area (Å²) in [6.07, 6.45) is 0. The molecule has 0 fully saturated rings. The molecule has 10 heteroatoms. The Hall–Kier alpha value is -4.60. The first-order valence-electron chi connectivity index (χ1n) is 11.4. The molecule has 1 aliphatic rings. The summed E-state index contributed by atoms with van der Waals surface area (Å²) in [5.74, 6) is -0.343. The van der Waals surface area contributed by atoms with E-state index in [0.29, 0.717) is 34.0 Å². The van der Waals surface area contributed by atoms with Crippen molar-refractivity contribution < 1.29 is 19.1 Å². The van der Waals surface area contributed by atoms with Gasteiger partial charge in [0.2, 0.25) is 0 Å². The Bertz CT molecular complexity index is 1380. The molecule has 1 atom stereocenters. The monoisotopic (exact) mass is 489 g/mol. The fourth-order valence-corrected chi connectivity index (χ4v) is 4.13. The SMILES string of the molecule is CCOC(=O)C1=C(C)Nc2c(c(NNC(=O)c3ccc(OC)cc3)nc(=O)n2C)[C@@H]1c1ccccc1. The lowest BCUT2D eigenvalue weighted by molar-refractivity contribution is -0.138. The van der Waals surface area contributed by atoms with Crippen LogP contribution in [0.3, 0.4) is 0 Å². The van der Waals surface area contributed by atoms with Crippen LogP contribution in [0.25, 0.3) is 0 Å². The van der Waals surface area contributed by atoms with Crippen molar-refractivity contribution in [3.05, 3.63) is 93.0 Å². The van der Waals surface area contributed by atoms with E-state index >= 15 is 0 Å². The molecule has 36 heavy (non-hydrogen) atoms. The molecule has 4 rings (SSSR count). The third kappa shape index (κ3) is 4.65. The Morgan fingerprint density at radius 3 is 2.44 bits per heavy atom. The minimum absolute atomic E-state index is 0.116. The van der Waals surface area contributed by atoms with Gasteiger partial charge >= 0.3 is 11.7 Å². The summed E-state index contributed by atoms with van der Waals surface area (Å²) in [5.41, 5.74) is 7.51. The molecule has 0 saturated carbocycles. The van der Waals surface area contributed by atoms with E-state index < -0.39 is 23.5 Å². The zero-order chi connectivity index (χ0) is 25.8. The molecule has 0 bridgehead atoms. The van der Waals surface area contributed by atoms with Gasteiger partial charge in [0.1, 0.15) is 11.6 Å². The number of hydrogen-bond donors (Lipinski definition) is 3. The summed E-state index contributed by atoms with van der Waals surface area (Å²) in [7, 11) is 3.13. The molecule has 3 N–H and O–H groups in total. The Kier molecular flexibility index (Phi) is 7.05. The van der Waals surface area contributed by atoms with Crippen LogP contribution in [0.2, 0.25) is 0 Å². The first kappa shape index (κ1) is 24.5. The van der Waals surface area contributed by atoms with E-state index in [4.69, 9.17) is 9.47 Å². The minimum atomic E-state index is -0.610. The standard InChI is InChI=1S/C26H27N5O5/c1-5-36-25(33)19-15(2)27-23-21(20(19)16-9-7-6-8-10-16)22(28-26(34)31(23)3)29-30-24(32)17-11-13-18(35-4)14-12-17/h6-14,20,27H,5H2,1-4H3,(H,30,32)(H,28,29,34)/t20-/m1/s1. The minimum Gasteiger partial charge on any atom is -0.497 e. The van der Waals surface area contributed by atoms with Gasteiger partial charge in [0.25, 0.3) is 5.91 Å². The van der Waals surface area contributed by atoms with Crippen LogP contribution >= 0.6 is 0 Å². The number of hydrogen-bond acceptors (Lipinski definition) is 8. The fourth-order valence-electron chi connectivity index (χ4n) is 4.13. The van der Waals surface area contributed by atoms with E-state index in [-0.39, 0.29) is 12.4 Å². The van der Waals surface area contributed by atoms with Crippen LogP contribution in [0.15, 0.2) is 70.7 Å². The molecule has 186 valence electrons. The molecule has 2 heterocycles.